The van der Waals surface area contributed by atoms with E-state index in [4.69, 9.17) is 0 Å². The minimum Gasteiger partial charge on any atom is -0.661 e. The molecule has 0 amide bonds. The molecule has 5 heteroatoms. The fourth-order valence-electron chi connectivity index (χ4n) is 1.59. The van der Waals surface area contributed by atoms with E-state index in [9.17, 15) is 0 Å². The zero-order valence-corrected chi connectivity index (χ0v) is 15.6. The molecule has 0 saturated heterocycles. The first kappa shape index (κ1) is 23.8. The van der Waals surface area contributed by atoms with Crippen LogP contribution in [0.5, 0.6) is 0 Å². The Kier molecular flexibility index (Phi) is 18.7. The zero-order chi connectivity index (χ0) is 12.6. The molecule has 0 aromatic rings. The van der Waals surface area contributed by atoms with Crippen LogP contribution in [-0.2, 0) is 26.2 Å². The van der Waals surface area contributed by atoms with Gasteiger partial charge in [-0.1, -0.05) is 20.8 Å². The molecule has 0 aliphatic rings. The summed E-state index contributed by atoms with van der Waals surface area (Å²) in [7, 11) is 5.64. The Morgan fingerprint density at radius 2 is 0.944 bits per heavy atom. The van der Waals surface area contributed by atoms with Crippen molar-refractivity contribution in [3.8, 4) is 0 Å². The van der Waals surface area contributed by atoms with Crippen LogP contribution in [0.2, 0.25) is 0 Å². The molecule has 4 nitrogen and oxygen atoms in total. The van der Waals surface area contributed by atoms with Gasteiger partial charge in [0.25, 0.3) is 0 Å². The fourth-order valence-corrected chi connectivity index (χ4v) is 1.59. The van der Waals surface area contributed by atoms with Gasteiger partial charge in [-0.05, 0) is 19.6 Å². The average Bonchev–Trinajstić information content (AvgIpc) is 2.28. The van der Waals surface area contributed by atoms with E-state index in [1.165, 1.54) is 0 Å². The van der Waals surface area contributed by atoms with Crippen LogP contribution in [0.1, 0.15) is 20.8 Å². The monoisotopic (exact) mass is 332 g/mol. The second-order valence-corrected chi connectivity index (χ2v) is 4.54. The molecule has 18 heavy (non-hydrogen) atoms. The van der Waals surface area contributed by atoms with Crippen molar-refractivity contribution >= 4 is 0 Å². The van der Waals surface area contributed by atoms with E-state index in [2.05, 4.69) is 41.6 Å². The van der Waals surface area contributed by atoms with Gasteiger partial charge in [-0.2, -0.15) is 21.1 Å². The molecule has 0 radical (unpaired) electrons. The van der Waals surface area contributed by atoms with Crippen LogP contribution in [0, 0.1) is 7.43 Å². The van der Waals surface area contributed by atoms with Crippen molar-refractivity contribution in [3.63, 3.8) is 0 Å². The van der Waals surface area contributed by atoms with Gasteiger partial charge in [-0.25, -0.2) is 0 Å². The number of hydrogen-bond donors (Lipinski definition) is 0. The molecule has 0 rings (SSSR count). The molecule has 0 fully saturated rings. The van der Waals surface area contributed by atoms with Crippen LogP contribution in [0.15, 0.2) is 0 Å². The number of likely N-dealkylation sites (N-methyl/N-ethyl adjacent to an activating group) is 3. The molecule has 0 saturated carbocycles. The third-order valence-electron chi connectivity index (χ3n) is 2.89. The predicted molar refractivity (Wildman–Crippen MR) is 79.1 cm³/mol. The average molecular weight is 334 g/mol. The summed E-state index contributed by atoms with van der Waals surface area (Å²) >= 11 is 0. The molecule has 0 aliphatic carbocycles. The second kappa shape index (κ2) is 14.1. The van der Waals surface area contributed by atoms with E-state index < -0.39 is 0 Å². The summed E-state index contributed by atoms with van der Waals surface area (Å²) in [4.78, 5) is 2.41. The standard InChI is InChI=1S/C12H27N4.CH3.Zr/c1-10(13-4)7-16(8-11(2)14-5)9-12(3)15-6;;/h10-12H,7-9H2,1-6H3;1H3;/q-3;-1;+4. The largest absolute Gasteiger partial charge is 4.00 e. The van der Waals surface area contributed by atoms with Gasteiger partial charge in [-0.3, -0.25) is 0 Å². The Hall–Kier alpha value is 0.723. The van der Waals surface area contributed by atoms with Crippen molar-refractivity contribution in [2.45, 2.75) is 38.9 Å². The van der Waals surface area contributed by atoms with Gasteiger partial charge in [0.15, 0.2) is 0 Å². The Balaban J connectivity index is -0.00000112. The summed E-state index contributed by atoms with van der Waals surface area (Å²) in [5.74, 6) is 0. The maximum atomic E-state index is 4.29. The molecule has 0 aromatic carbocycles. The Bertz CT molecular complexity index is 141. The summed E-state index contributed by atoms with van der Waals surface area (Å²) in [6, 6.07) is 1.15. The molecule has 3 atom stereocenters. The molecule has 3 unspecified atom stereocenters. The minimum absolute atomic E-state index is 0. The first-order valence-corrected chi connectivity index (χ1v) is 6.02. The van der Waals surface area contributed by atoms with Crippen molar-refractivity contribution in [2.75, 3.05) is 40.8 Å². The predicted octanol–water partition coefficient (Wildman–Crippen LogP) is 2.91. The van der Waals surface area contributed by atoms with E-state index in [0.29, 0.717) is 18.1 Å². The summed E-state index contributed by atoms with van der Waals surface area (Å²) < 4.78 is 0. The molecule has 0 bridgehead atoms. The fraction of sp³-hybridized carbons (Fsp3) is 0.923. The Labute approximate surface area is 134 Å². The van der Waals surface area contributed by atoms with E-state index in [0.717, 1.165) is 19.6 Å². The molecule has 0 spiro atoms. The zero-order valence-electron chi connectivity index (χ0n) is 13.1. The summed E-state index contributed by atoms with van der Waals surface area (Å²) in [5.41, 5.74) is 0. The first-order valence-electron chi connectivity index (χ1n) is 6.02. The number of hydrogen-bond acceptors (Lipinski definition) is 1. The van der Waals surface area contributed by atoms with Crippen LogP contribution in [0.25, 0.3) is 16.0 Å². The number of rotatable bonds is 9. The van der Waals surface area contributed by atoms with Crippen LogP contribution in [0.4, 0.5) is 0 Å². The van der Waals surface area contributed by atoms with Crippen LogP contribution in [0.3, 0.4) is 0 Å². The summed E-state index contributed by atoms with van der Waals surface area (Å²) in [5, 5.41) is 12.9. The van der Waals surface area contributed by atoms with Crippen molar-refractivity contribution < 1.29 is 26.2 Å². The van der Waals surface area contributed by atoms with Gasteiger partial charge in [0.1, 0.15) is 0 Å². The first-order chi connectivity index (χ1) is 7.53. The minimum atomic E-state index is 0. The molecular formula is C13H30N4Zr. The van der Waals surface area contributed by atoms with E-state index in [-0.39, 0.29) is 33.6 Å². The molecule has 0 aromatic heterocycles. The van der Waals surface area contributed by atoms with E-state index >= 15 is 0 Å². The van der Waals surface area contributed by atoms with Crippen LogP contribution in [-0.4, -0.2) is 63.8 Å². The Morgan fingerprint density at radius 1 is 0.722 bits per heavy atom. The van der Waals surface area contributed by atoms with Gasteiger partial charge < -0.3 is 28.3 Å². The van der Waals surface area contributed by atoms with E-state index in [1.54, 1.807) is 0 Å². The van der Waals surface area contributed by atoms with Crippen molar-refractivity contribution in [1.29, 1.82) is 0 Å². The number of nitrogens with zero attached hydrogens (tertiary/aromatic N) is 4. The molecule has 0 heterocycles. The summed E-state index contributed by atoms with van der Waals surface area (Å²) in [6.45, 7) is 9.43. The molecular weight excluding hydrogens is 303 g/mol. The summed E-state index contributed by atoms with van der Waals surface area (Å²) in [6.07, 6.45) is 0. The van der Waals surface area contributed by atoms with Gasteiger partial charge in [0.2, 0.25) is 0 Å². The van der Waals surface area contributed by atoms with Gasteiger partial charge in [0, 0.05) is 0 Å². The topological polar surface area (TPSA) is 45.5 Å². The van der Waals surface area contributed by atoms with Gasteiger partial charge in [0.05, 0.1) is 0 Å². The maximum Gasteiger partial charge on any atom is 4.00 e. The molecule has 0 N–H and O–H groups in total. The third-order valence-corrected chi connectivity index (χ3v) is 2.89. The van der Waals surface area contributed by atoms with Crippen molar-refractivity contribution in [3.05, 3.63) is 23.4 Å². The van der Waals surface area contributed by atoms with Crippen molar-refractivity contribution in [2.24, 2.45) is 0 Å². The quantitative estimate of drug-likeness (QED) is 0.598. The van der Waals surface area contributed by atoms with Crippen molar-refractivity contribution in [1.82, 2.24) is 4.90 Å². The van der Waals surface area contributed by atoms with E-state index in [1.807, 2.05) is 21.1 Å². The normalized spacial score (nSPS) is 15.5. The second-order valence-electron chi connectivity index (χ2n) is 4.54. The molecule has 0 aliphatic heterocycles. The smallest absolute Gasteiger partial charge is 0.661 e. The third kappa shape index (κ3) is 11.8. The van der Waals surface area contributed by atoms with Crippen LogP contribution >= 0.6 is 0 Å². The maximum absolute atomic E-state index is 4.29. The van der Waals surface area contributed by atoms with Crippen LogP contribution < -0.4 is 0 Å². The van der Waals surface area contributed by atoms with Gasteiger partial charge in [-0.15, -0.1) is 18.1 Å². The Morgan fingerprint density at radius 3 is 1.11 bits per heavy atom. The van der Waals surface area contributed by atoms with Gasteiger partial charge >= 0.3 is 26.2 Å². The SMILES string of the molecule is C[N-]C(C)CN(CC(C)[N-]C)CC(C)[N-]C.[CH3-].[Zr+4]. The molecule has 106 valence electrons.